The Morgan fingerprint density at radius 2 is 2.05 bits per heavy atom. The quantitative estimate of drug-likeness (QED) is 0.853. The molecule has 0 radical (unpaired) electrons. The Labute approximate surface area is 119 Å². The Kier molecular flexibility index (Phi) is 4.06. The van der Waals surface area contributed by atoms with E-state index in [4.69, 9.17) is 10.5 Å². The van der Waals surface area contributed by atoms with Gasteiger partial charge in [-0.1, -0.05) is 6.07 Å². The molecule has 19 heavy (non-hydrogen) atoms. The zero-order valence-electron chi connectivity index (χ0n) is 10.3. The molecule has 0 unspecified atom stereocenters. The van der Waals surface area contributed by atoms with Crippen LogP contribution in [-0.2, 0) is 0 Å². The second kappa shape index (κ2) is 5.75. The lowest BCUT2D eigenvalue weighted by Crippen LogP contribution is -2.12. The first-order valence-electron chi connectivity index (χ1n) is 5.60. The highest BCUT2D eigenvalue weighted by Gasteiger charge is 2.08. The van der Waals surface area contributed by atoms with E-state index in [1.807, 2.05) is 0 Å². The summed E-state index contributed by atoms with van der Waals surface area (Å²) in [5.41, 5.74) is 7.41. The number of hydrogen-bond donors (Lipinski definition) is 2. The van der Waals surface area contributed by atoms with Gasteiger partial charge in [0.1, 0.15) is 5.75 Å². The number of rotatable bonds is 3. The van der Waals surface area contributed by atoms with Gasteiger partial charge in [-0.05, 0) is 52.3 Å². The van der Waals surface area contributed by atoms with Gasteiger partial charge < -0.3 is 15.8 Å². The van der Waals surface area contributed by atoms with E-state index in [0.29, 0.717) is 22.7 Å². The Morgan fingerprint density at radius 1 is 1.26 bits per heavy atom. The molecule has 1 amide bonds. The number of anilines is 2. The van der Waals surface area contributed by atoms with E-state index < -0.39 is 0 Å². The number of carbonyl (C=O) groups is 1. The molecule has 2 rings (SSSR count). The number of nitrogens with two attached hydrogens (primary N) is 1. The number of ether oxygens (including phenoxy) is 1. The molecular formula is C14H13BrN2O2. The van der Waals surface area contributed by atoms with Crippen molar-refractivity contribution in [2.75, 3.05) is 18.2 Å². The highest BCUT2D eigenvalue weighted by atomic mass is 79.9. The van der Waals surface area contributed by atoms with Gasteiger partial charge in [-0.2, -0.15) is 0 Å². The highest BCUT2D eigenvalue weighted by Crippen LogP contribution is 2.27. The Bertz CT molecular complexity index is 614. The van der Waals surface area contributed by atoms with Crippen LogP contribution in [0.4, 0.5) is 11.4 Å². The first-order valence-corrected chi connectivity index (χ1v) is 6.40. The molecule has 0 saturated heterocycles. The molecule has 0 aliphatic carbocycles. The van der Waals surface area contributed by atoms with E-state index in [1.165, 1.54) is 0 Å². The van der Waals surface area contributed by atoms with Gasteiger partial charge in [-0.3, -0.25) is 4.79 Å². The number of nitrogen functional groups attached to an aromatic ring is 1. The van der Waals surface area contributed by atoms with Crippen LogP contribution < -0.4 is 15.8 Å². The van der Waals surface area contributed by atoms with Gasteiger partial charge in [0.2, 0.25) is 0 Å². The number of carbonyl (C=O) groups excluding carboxylic acids is 1. The van der Waals surface area contributed by atoms with Crippen molar-refractivity contribution in [3.63, 3.8) is 0 Å². The van der Waals surface area contributed by atoms with Crippen LogP contribution in [0.3, 0.4) is 0 Å². The number of hydrogen-bond acceptors (Lipinski definition) is 3. The minimum absolute atomic E-state index is 0.204. The Hall–Kier alpha value is -2.01. The van der Waals surface area contributed by atoms with Crippen molar-refractivity contribution in [2.45, 2.75) is 0 Å². The van der Waals surface area contributed by atoms with Crippen molar-refractivity contribution in [3.8, 4) is 5.75 Å². The fourth-order valence-corrected chi connectivity index (χ4v) is 2.17. The summed E-state index contributed by atoms with van der Waals surface area (Å²) >= 11 is 3.37. The molecule has 0 aliphatic rings. The average Bonchev–Trinajstić information content (AvgIpc) is 2.39. The lowest BCUT2D eigenvalue weighted by Gasteiger charge is -2.08. The van der Waals surface area contributed by atoms with Crippen LogP contribution in [0.25, 0.3) is 0 Å². The molecule has 2 aromatic rings. The van der Waals surface area contributed by atoms with Crippen LogP contribution in [0.5, 0.6) is 5.75 Å². The minimum Gasteiger partial charge on any atom is -0.496 e. The lowest BCUT2D eigenvalue weighted by molar-refractivity contribution is 0.102. The van der Waals surface area contributed by atoms with Gasteiger partial charge >= 0.3 is 0 Å². The second-order valence-corrected chi connectivity index (χ2v) is 4.78. The van der Waals surface area contributed by atoms with Gasteiger partial charge in [-0.25, -0.2) is 0 Å². The van der Waals surface area contributed by atoms with E-state index in [0.717, 1.165) is 4.47 Å². The molecule has 0 aliphatic heterocycles. The van der Waals surface area contributed by atoms with Gasteiger partial charge in [0.25, 0.3) is 5.91 Å². The molecule has 0 aromatic heterocycles. The molecule has 0 bridgehead atoms. The first-order chi connectivity index (χ1) is 9.10. The second-order valence-electron chi connectivity index (χ2n) is 3.93. The summed E-state index contributed by atoms with van der Waals surface area (Å²) in [7, 11) is 1.59. The third kappa shape index (κ3) is 3.26. The summed E-state index contributed by atoms with van der Waals surface area (Å²) in [5.74, 6) is 0.506. The maximum Gasteiger partial charge on any atom is 0.255 e. The summed E-state index contributed by atoms with van der Waals surface area (Å²) < 4.78 is 5.91. The molecule has 2 aromatic carbocycles. The van der Waals surface area contributed by atoms with E-state index in [9.17, 15) is 4.79 Å². The molecule has 0 heterocycles. The Balaban J connectivity index is 2.17. The smallest absolute Gasteiger partial charge is 0.255 e. The van der Waals surface area contributed by atoms with Gasteiger partial charge in [-0.15, -0.1) is 0 Å². The largest absolute Gasteiger partial charge is 0.496 e. The van der Waals surface area contributed by atoms with Crippen molar-refractivity contribution >= 4 is 33.2 Å². The van der Waals surface area contributed by atoms with E-state index in [-0.39, 0.29) is 5.91 Å². The van der Waals surface area contributed by atoms with Crippen molar-refractivity contribution in [2.24, 2.45) is 0 Å². The number of methoxy groups -OCH3 is 1. The summed E-state index contributed by atoms with van der Waals surface area (Å²) in [5, 5.41) is 2.80. The normalized spacial score (nSPS) is 10.0. The van der Waals surface area contributed by atoms with E-state index in [1.54, 1.807) is 49.6 Å². The molecular weight excluding hydrogens is 308 g/mol. The van der Waals surface area contributed by atoms with Crippen LogP contribution in [0, 0.1) is 0 Å². The highest BCUT2D eigenvalue weighted by molar-refractivity contribution is 9.10. The summed E-state index contributed by atoms with van der Waals surface area (Å²) in [6, 6.07) is 12.2. The monoisotopic (exact) mass is 320 g/mol. The average molecular weight is 321 g/mol. The zero-order chi connectivity index (χ0) is 13.8. The molecule has 0 atom stereocenters. The number of nitrogens with one attached hydrogen (secondary N) is 1. The number of amides is 1. The molecule has 3 N–H and O–H groups in total. The Morgan fingerprint density at radius 3 is 2.68 bits per heavy atom. The molecule has 5 heteroatoms. The van der Waals surface area contributed by atoms with Crippen molar-refractivity contribution in [1.29, 1.82) is 0 Å². The predicted octanol–water partition coefficient (Wildman–Crippen LogP) is 3.29. The molecule has 0 saturated carbocycles. The maximum absolute atomic E-state index is 12.0. The van der Waals surface area contributed by atoms with Crippen LogP contribution in [-0.4, -0.2) is 13.0 Å². The number of halogens is 1. The predicted molar refractivity (Wildman–Crippen MR) is 79.5 cm³/mol. The summed E-state index contributed by atoms with van der Waals surface area (Å²) in [4.78, 5) is 12.0. The van der Waals surface area contributed by atoms with Crippen LogP contribution in [0.2, 0.25) is 0 Å². The summed E-state index contributed by atoms with van der Waals surface area (Å²) in [6.07, 6.45) is 0. The van der Waals surface area contributed by atoms with Crippen LogP contribution in [0.1, 0.15) is 10.4 Å². The van der Waals surface area contributed by atoms with Crippen LogP contribution in [0.15, 0.2) is 46.9 Å². The molecule has 4 nitrogen and oxygen atoms in total. The minimum atomic E-state index is -0.204. The standard InChI is InChI=1S/C14H13BrN2O2/c1-19-13-6-5-11(8-12(13)15)17-14(18)9-3-2-4-10(16)7-9/h2-8H,16H2,1H3,(H,17,18). The van der Waals surface area contributed by atoms with Crippen molar-refractivity contribution in [3.05, 3.63) is 52.5 Å². The zero-order valence-corrected chi connectivity index (χ0v) is 11.9. The first kappa shape index (κ1) is 13.4. The van der Waals surface area contributed by atoms with E-state index in [2.05, 4.69) is 21.2 Å². The molecule has 0 spiro atoms. The number of benzene rings is 2. The fourth-order valence-electron chi connectivity index (χ4n) is 1.63. The lowest BCUT2D eigenvalue weighted by atomic mass is 10.2. The van der Waals surface area contributed by atoms with Crippen molar-refractivity contribution in [1.82, 2.24) is 0 Å². The van der Waals surface area contributed by atoms with Crippen molar-refractivity contribution < 1.29 is 9.53 Å². The third-order valence-corrected chi connectivity index (χ3v) is 3.18. The van der Waals surface area contributed by atoms with Gasteiger partial charge in [0.15, 0.2) is 0 Å². The molecule has 0 fully saturated rings. The topological polar surface area (TPSA) is 64.3 Å². The van der Waals surface area contributed by atoms with Gasteiger partial charge in [0.05, 0.1) is 11.6 Å². The van der Waals surface area contributed by atoms with Gasteiger partial charge in [0, 0.05) is 16.9 Å². The molecule has 98 valence electrons. The fraction of sp³-hybridized carbons (Fsp3) is 0.0714. The maximum atomic E-state index is 12.0. The third-order valence-electron chi connectivity index (χ3n) is 2.56. The summed E-state index contributed by atoms with van der Waals surface area (Å²) in [6.45, 7) is 0. The van der Waals surface area contributed by atoms with E-state index >= 15 is 0 Å². The van der Waals surface area contributed by atoms with Crippen LogP contribution >= 0.6 is 15.9 Å². The SMILES string of the molecule is COc1ccc(NC(=O)c2cccc(N)c2)cc1Br.